The lowest BCUT2D eigenvalue weighted by Crippen LogP contribution is -2.39. The molecule has 4 aromatic rings. The van der Waals surface area contributed by atoms with Crippen LogP contribution < -0.4 is 20.5 Å². The summed E-state index contributed by atoms with van der Waals surface area (Å²) in [6.45, 7) is 12.7. The van der Waals surface area contributed by atoms with E-state index in [0.717, 1.165) is 41.0 Å². The topological polar surface area (TPSA) is 123 Å². The Labute approximate surface area is 326 Å². The zero-order chi connectivity index (χ0) is 39.5. The third-order valence-electron chi connectivity index (χ3n) is 9.43. The zero-order valence-corrected chi connectivity index (χ0v) is 34.0. The lowest BCUT2D eigenvalue weighted by molar-refractivity contribution is -0.114. The first-order valence-corrected chi connectivity index (χ1v) is 20.0. The fourth-order valence-electron chi connectivity index (χ4n) is 6.82. The summed E-state index contributed by atoms with van der Waals surface area (Å²) in [5.41, 5.74) is 0.999. The van der Waals surface area contributed by atoms with Gasteiger partial charge in [-0.25, -0.2) is 9.46 Å². The van der Waals surface area contributed by atoms with Crippen molar-refractivity contribution in [1.29, 1.82) is 0 Å². The Morgan fingerprint density at radius 3 is 2.02 bits per heavy atom. The van der Waals surface area contributed by atoms with E-state index in [1.54, 1.807) is 26.5 Å². The number of nitrogens with zero attached hydrogens (tertiary/aromatic N) is 3. The Morgan fingerprint density at radius 1 is 0.927 bits per heavy atom. The first kappa shape index (κ1) is 42.0. The number of benzene rings is 3. The van der Waals surface area contributed by atoms with Gasteiger partial charge in [-0.1, -0.05) is 67.9 Å². The molecule has 1 amide bonds. The SMILES string of the molecule is CCCCOP(OC1CC(n2ccc(NC(C)=O)nc2=O)OC1COC(c1ccccc1)(c1ccc(OC)cc1)c1ccc(OC)cc1)N(C(C)C)C(C)C. The lowest BCUT2D eigenvalue weighted by Gasteiger charge is -2.39. The van der Waals surface area contributed by atoms with Crippen molar-refractivity contribution >= 4 is 20.3 Å². The Balaban J connectivity index is 1.59. The molecule has 1 aromatic heterocycles. The summed E-state index contributed by atoms with van der Waals surface area (Å²) >= 11 is 0. The van der Waals surface area contributed by atoms with Gasteiger partial charge in [-0.05, 0) is 81.1 Å². The largest absolute Gasteiger partial charge is 0.497 e. The van der Waals surface area contributed by atoms with E-state index >= 15 is 0 Å². The summed E-state index contributed by atoms with van der Waals surface area (Å²) in [6, 6.07) is 27.6. The van der Waals surface area contributed by atoms with E-state index in [1.165, 1.54) is 11.5 Å². The second-order valence-electron chi connectivity index (χ2n) is 14.0. The number of carbonyl (C=O) groups is 1. The molecule has 1 saturated heterocycles. The summed E-state index contributed by atoms with van der Waals surface area (Å²) in [5, 5.41) is 2.58. The molecule has 4 unspecified atom stereocenters. The minimum absolute atomic E-state index is 0.0851. The highest BCUT2D eigenvalue weighted by molar-refractivity contribution is 7.44. The quantitative estimate of drug-likeness (QED) is 0.0569. The molecule has 0 bridgehead atoms. The van der Waals surface area contributed by atoms with Crippen molar-refractivity contribution in [3.05, 3.63) is 118 Å². The summed E-state index contributed by atoms with van der Waals surface area (Å²) in [7, 11) is 1.76. The van der Waals surface area contributed by atoms with Crippen LogP contribution in [0.1, 0.15) is 83.7 Å². The van der Waals surface area contributed by atoms with Gasteiger partial charge in [0.1, 0.15) is 35.2 Å². The van der Waals surface area contributed by atoms with Crippen LogP contribution in [0.3, 0.4) is 0 Å². The second kappa shape index (κ2) is 19.6. The van der Waals surface area contributed by atoms with Gasteiger partial charge in [0.2, 0.25) is 5.91 Å². The molecule has 0 saturated carbocycles. The number of rotatable bonds is 19. The molecule has 0 spiro atoms. The van der Waals surface area contributed by atoms with Crippen LogP contribution in [0.2, 0.25) is 0 Å². The highest BCUT2D eigenvalue weighted by atomic mass is 31.2. The minimum Gasteiger partial charge on any atom is -0.497 e. The average Bonchev–Trinajstić information content (AvgIpc) is 3.57. The molecule has 296 valence electrons. The van der Waals surface area contributed by atoms with Crippen molar-refractivity contribution in [2.24, 2.45) is 0 Å². The molecule has 3 aromatic carbocycles. The standard InChI is InChI=1S/C42H55N4O8P/c1-9-10-26-52-55(46(29(2)3)30(4)5)54-37-27-40(45-25-24-39(43-31(6)47)44-41(45)48)53-38(37)28-51-42(32-14-12-11-13-15-32,33-16-20-35(49-7)21-17-33)34-18-22-36(50-8)23-19-34/h11-25,29-30,37-38,40H,9-10,26-28H2,1-8H3,(H,43,44,47,48). The van der Waals surface area contributed by atoms with Gasteiger partial charge < -0.3 is 33.3 Å². The van der Waals surface area contributed by atoms with E-state index in [2.05, 4.69) is 49.6 Å². The third-order valence-corrected chi connectivity index (χ3v) is 11.6. The van der Waals surface area contributed by atoms with Crippen molar-refractivity contribution in [3.63, 3.8) is 0 Å². The van der Waals surface area contributed by atoms with Gasteiger partial charge in [0.15, 0.2) is 0 Å². The molecule has 13 heteroatoms. The normalized spacial score (nSPS) is 17.8. The molecular weight excluding hydrogens is 719 g/mol. The molecule has 1 aliphatic heterocycles. The van der Waals surface area contributed by atoms with E-state index in [9.17, 15) is 9.59 Å². The Hall–Kier alpha value is -4.16. The maximum Gasteiger partial charge on any atom is 0.351 e. The molecule has 12 nitrogen and oxygen atoms in total. The number of aromatic nitrogens is 2. The molecule has 0 aliphatic carbocycles. The van der Waals surface area contributed by atoms with Gasteiger partial charge in [0.05, 0.1) is 33.5 Å². The molecule has 1 fully saturated rings. The van der Waals surface area contributed by atoms with Crippen molar-refractivity contribution in [2.45, 2.75) is 96.9 Å². The number of anilines is 1. The number of ether oxygens (including phenoxy) is 4. The van der Waals surface area contributed by atoms with Gasteiger partial charge in [-0.3, -0.25) is 9.36 Å². The zero-order valence-electron chi connectivity index (χ0n) is 33.1. The summed E-state index contributed by atoms with van der Waals surface area (Å²) in [5.74, 6) is 1.29. The van der Waals surface area contributed by atoms with Crippen LogP contribution in [0, 0.1) is 0 Å². The van der Waals surface area contributed by atoms with Crippen molar-refractivity contribution < 1.29 is 32.8 Å². The van der Waals surface area contributed by atoms with Crippen LogP contribution in [-0.4, -0.2) is 71.9 Å². The van der Waals surface area contributed by atoms with Crippen LogP contribution in [0.5, 0.6) is 11.5 Å². The van der Waals surface area contributed by atoms with Crippen molar-refractivity contribution in [2.75, 3.05) is 32.8 Å². The molecular formula is C42H55N4O8P. The fourth-order valence-corrected chi connectivity index (χ4v) is 8.62. The first-order valence-electron chi connectivity index (χ1n) is 18.9. The summed E-state index contributed by atoms with van der Waals surface area (Å²) in [4.78, 5) is 29.2. The van der Waals surface area contributed by atoms with Crippen LogP contribution in [-0.2, 0) is 28.9 Å². The van der Waals surface area contributed by atoms with E-state index in [1.807, 2.05) is 78.9 Å². The number of nitrogens with one attached hydrogen (secondary N) is 1. The summed E-state index contributed by atoms with van der Waals surface area (Å²) < 4.78 is 42.3. The first-order chi connectivity index (χ1) is 26.5. The van der Waals surface area contributed by atoms with E-state index in [0.29, 0.717) is 13.0 Å². The molecule has 0 radical (unpaired) electrons. The highest BCUT2D eigenvalue weighted by Gasteiger charge is 2.45. The smallest absolute Gasteiger partial charge is 0.351 e. The molecule has 1 N–H and O–H groups in total. The maximum atomic E-state index is 13.4. The molecule has 1 aliphatic rings. The van der Waals surface area contributed by atoms with Crippen LogP contribution >= 0.6 is 8.53 Å². The van der Waals surface area contributed by atoms with Crippen molar-refractivity contribution in [1.82, 2.24) is 14.2 Å². The van der Waals surface area contributed by atoms with Gasteiger partial charge in [0.25, 0.3) is 8.53 Å². The average molecular weight is 775 g/mol. The molecule has 55 heavy (non-hydrogen) atoms. The Morgan fingerprint density at radius 2 is 1.51 bits per heavy atom. The van der Waals surface area contributed by atoms with E-state index in [4.69, 9.17) is 28.0 Å². The number of hydrogen-bond acceptors (Lipinski definition) is 10. The van der Waals surface area contributed by atoms with Crippen LogP contribution in [0.25, 0.3) is 0 Å². The number of amides is 1. The fraction of sp³-hybridized carbons (Fsp3) is 0.452. The summed E-state index contributed by atoms with van der Waals surface area (Å²) in [6.07, 6.45) is 1.92. The van der Waals surface area contributed by atoms with E-state index in [-0.39, 0.29) is 30.4 Å². The maximum absolute atomic E-state index is 13.4. The van der Waals surface area contributed by atoms with Crippen molar-refractivity contribution in [3.8, 4) is 11.5 Å². The third kappa shape index (κ3) is 10.2. The number of methoxy groups -OCH3 is 2. The van der Waals surface area contributed by atoms with Crippen LogP contribution in [0.4, 0.5) is 5.82 Å². The van der Waals surface area contributed by atoms with Crippen LogP contribution in [0.15, 0.2) is 95.9 Å². The van der Waals surface area contributed by atoms with Gasteiger partial charge in [-0.15, -0.1) is 0 Å². The Bertz CT molecular complexity index is 1800. The monoisotopic (exact) mass is 774 g/mol. The van der Waals surface area contributed by atoms with Gasteiger partial charge in [0, 0.05) is 31.6 Å². The van der Waals surface area contributed by atoms with Gasteiger partial charge >= 0.3 is 5.69 Å². The second-order valence-corrected chi connectivity index (χ2v) is 15.4. The predicted molar refractivity (Wildman–Crippen MR) is 214 cm³/mol. The Kier molecular flexibility index (Phi) is 15.0. The molecule has 4 atom stereocenters. The van der Waals surface area contributed by atoms with E-state index < -0.39 is 38.3 Å². The number of hydrogen-bond donors (Lipinski definition) is 1. The predicted octanol–water partition coefficient (Wildman–Crippen LogP) is 8.06. The van der Waals surface area contributed by atoms with Gasteiger partial charge in [-0.2, -0.15) is 4.98 Å². The number of carbonyl (C=O) groups excluding carboxylic acids is 1. The molecule has 5 rings (SSSR count). The number of unbranched alkanes of at least 4 members (excludes halogenated alkanes) is 1. The highest BCUT2D eigenvalue weighted by Crippen LogP contribution is 2.50. The minimum atomic E-state index is -1.53. The lowest BCUT2D eigenvalue weighted by atomic mass is 9.80. The molecule has 2 heterocycles.